The molecule has 0 saturated heterocycles. The Balaban J connectivity index is 2.11. The summed E-state index contributed by atoms with van der Waals surface area (Å²) in [6.07, 6.45) is 0.936. The summed E-state index contributed by atoms with van der Waals surface area (Å²) < 4.78 is 27.3. The molecular weight excluding hydrogens is 304 g/mol. The Bertz CT molecular complexity index is 676. The van der Waals surface area contributed by atoms with E-state index >= 15 is 0 Å². The zero-order valence-corrected chi connectivity index (χ0v) is 13.9. The predicted molar refractivity (Wildman–Crippen MR) is 88.3 cm³/mol. The molecule has 0 bridgehead atoms. The molecule has 2 N–H and O–H groups in total. The molecule has 0 aliphatic heterocycles. The summed E-state index contributed by atoms with van der Waals surface area (Å²) in [5, 5.41) is 4.86. The van der Waals surface area contributed by atoms with Crippen LogP contribution in [-0.2, 0) is 23.0 Å². The van der Waals surface area contributed by atoms with Crippen LogP contribution in [0.1, 0.15) is 24.3 Å². The highest BCUT2D eigenvalue weighted by atomic mass is 32.2. The van der Waals surface area contributed by atoms with Gasteiger partial charge in [-0.15, -0.1) is 11.3 Å². The topological polar surface area (TPSA) is 58.2 Å². The highest BCUT2D eigenvalue weighted by Crippen LogP contribution is 2.22. The molecule has 1 heterocycles. The minimum atomic E-state index is -3.50. The van der Waals surface area contributed by atoms with Crippen LogP contribution in [0.3, 0.4) is 0 Å². The smallest absolute Gasteiger partial charge is 0.262 e. The minimum Gasteiger partial charge on any atom is -0.312 e. The van der Waals surface area contributed by atoms with E-state index in [-0.39, 0.29) is 0 Å². The average Bonchev–Trinajstić information content (AvgIpc) is 2.95. The zero-order chi connectivity index (χ0) is 15.3. The van der Waals surface area contributed by atoms with Crippen molar-refractivity contribution < 1.29 is 8.42 Å². The quantitative estimate of drug-likeness (QED) is 0.822. The van der Waals surface area contributed by atoms with Gasteiger partial charge in [0.1, 0.15) is 0 Å². The molecule has 4 nitrogen and oxygen atoms in total. The van der Waals surface area contributed by atoms with Gasteiger partial charge in [-0.05, 0) is 36.7 Å². The summed E-state index contributed by atoms with van der Waals surface area (Å²) in [5.41, 5.74) is 1.77. The highest BCUT2D eigenvalue weighted by Gasteiger charge is 2.16. The van der Waals surface area contributed by atoms with Crippen molar-refractivity contribution in [1.29, 1.82) is 0 Å². The lowest BCUT2D eigenvalue weighted by Crippen LogP contribution is -2.13. The Hall–Kier alpha value is -1.37. The lowest BCUT2D eigenvalue weighted by molar-refractivity contribution is 0.601. The van der Waals surface area contributed by atoms with Gasteiger partial charge in [0.2, 0.25) is 0 Å². The van der Waals surface area contributed by atoms with Gasteiger partial charge in [0.05, 0.1) is 4.90 Å². The second-order valence-corrected chi connectivity index (χ2v) is 7.36. The number of sulfonamides is 1. The third kappa shape index (κ3) is 4.30. The van der Waals surface area contributed by atoms with Crippen LogP contribution in [0.25, 0.3) is 0 Å². The summed E-state index contributed by atoms with van der Waals surface area (Å²) in [7, 11) is -3.50. The second-order valence-electron chi connectivity index (χ2n) is 4.69. The fourth-order valence-electron chi connectivity index (χ4n) is 1.86. The molecule has 0 amide bonds. The fourth-order valence-corrected chi connectivity index (χ4v) is 4.17. The van der Waals surface area contributed by atoms with Crippen molar-refractivity contribution in [3.63, 3.8) is 0 Å². The SMILES string of the molecule is CCNCc1cc(S(=O)(=O)Nc2ccc(CC)cc2)cs1. The molecule has 6 heteroatoms. The fraction of sp³-hybridized carbons (Fsp3) is 0.333. The van der Waals surface area contributed by atoms with Gasteiger partial charge in [0, 0.05) is 22.5 Å². The van der Waals surface area contributed by atoms with Crippen LogP contribution in [0.2, 0.25) is 0 Å². The third-order valence-corrected chi connectivity index (χ3v) is 5.55. The molecule has 0 fully saturated rings. The third-order valence-electron chi connectivity index (χ3n) is 3.10. The molecule has 114 valence electrons. The summed E-state index contributed by atoms with van der Waals surface area (Å²) in [6, 6.07) is 9.17. The van der Waals surface area contributed by atoms with Gasteiger partial charge in [0.25, 0.3) is 10.0 Å². The number of nitrogens with one attached hydrogen (secondary N) is 2. The lowest BCUT2D eigenvalue weighted by Gasteiger charge is -2.07. The van der Waals surface area contributed by atoms with Crippen LogP contribution >= 0.6 is 11.3 Å². The van der Waals surface area contributed by atoms with E-state index in [0.29, 0.717) is 17.1 Å². The number of anilines is 1. The first-order valence-corrected chi connectivity index (χ1v) is 9.31. The Labute approximate surface area is 130 Å². The Kier molecular flexibility index (Phi) is 5.39. The van der Waals surface area contributed by atoms with Crippen molar-refractivity contribution in [2.45, 2.75) is 31.7 Å². The first kappa shape index (κ1) is 16.0. The molecule has 0 saturated carbocycles. The molecule has 0 aliphatic rings. The van der Waals surface area contributed by atoms with Crippen molar-refractivity contribution in [1.82, 2.24) is 5.32 Å². The van der Waals surface area contributed by atoms with Crippen molar-refractivity contribution in [2.75, 3.05) is 11.3 Å². The van der Waals surface area contributed by atoms with Crippen LogP contribution in [0.4, 0.5) is 5.69 Å². The summed E-state index contributed by atoms with van der Waals surface area (Å²) >= 11 is 1.45. The Morgan fingerprint density at radius 2 is 1.86 bits per heavy atom. The van der Waals surface area contributed by atoms with E-state index < -0.39 is 10.0 Å². The molecule has 1 aromatic heterocycles. The number of thiophene rings is 1. The van der Waals surface area contributed by atoms with E-state index in [1.54, 1.807) is 23.6 Å². The minimum absolute atomic E-state index is 0.319. The number of rotatable bonds is 7. The van der Waals surface area contributed by atoms with E-state index in [1.807, 2.05) is 19.1 Å². The first-order chi connectivity index (χ1) is 10.0. The van der Waals surface area contributed by atoms with Gasteiger partial charge in [0.15, 0.2) is 0 Å². The molecule has 0 spiro atoms. The maximum Gasteiger partial charge on any atom is 0.262 e. The standard InChI is InChI=1S/C15H20N2O2S2/c1-3-12-5-7-13(8-6-12)17-21(18,19)15-9-14(20-11-15)10-16-4-2/h5-9,11,16-17H,3-4,10H2,1-2H3. The molecule has 21 heavy (non-hydrogen) atoms. The van der Waals surface area contributed by atoms with Crippen molar-refractivity contribution in [3.8, 4) is 0 Å². The molecule has 2 rings (SSSR count). The number of benzene rings is 1. The van der Waals surface area contributed by atoms with Gasteiger partial charge >= 0.3 is 0 Å². The normalized spacial score (nSPS) is 11.5. The summed E-state index contributed by atoms with van der Waals surface area (Å²) in [5.74, 6) is 0. The van der Waals surface area contributed by atoms with E-state index in [1.165, 1.54) is 16.9 Å². The molecule has 0 radical (unpaired) electrons. The number of hydrogen-bond acceptors (Lipinski definition) is 4. The molecule has 0 atom stereocenters. The molecule has 2 aromatic rings. The molecule has 1 aromatic carbocycles. The van der Waals surface area contributed by atoms with Gasteiger partial charge < -0.3 is 5.32 Å². The second kappa shape index (κ2) is 7.06. The van der Waals surface area contributed by atoms with Crippen molar-refractivity contribution in [3.05, 3.63) is 46.2 Å². The van der Waals surface area contributed by atoms with E-state index in [0.717, 1.165) is 17.8 Å². The van der Waals surface area contributed by atoms with E-state index in [2.05, 4.69) is 17.0 Å². The zero-order valence-electron chi connectivity index (χ0n) is 12.2. The van der Waals surface area contributed by atoms with Crippen molar-refractivity contribution in [2.24, 2.45) is 0 Å². The monoisotopic (exact) mass is 324 g/mol. The average molecular weight is 324 g/mol. The van der Waals surface area contributed by atoms with E-state index in [9.17, 15) is 8.42 Å². The van der Waals surface area contributed by atoms with Gasteiger partial charge in [-0.2, -0.15) is 0 Å². The van der Waals surface area contributed by atoms with Gasteiger partial charge in [-0.25, -0.2) is 8.42 Å². The van der Waals surface area contributed by atoms with Crippen LogP contribution < -0.4 is 10.0 Å². The first-order valence-electron chi connectivity index (χ1n) is 6.95. The van der Waals surface area contributed by atoms with Crippen LogP contribution in [-0.4, -0.2) is 15.0 Å². The van der Waals surface area contributed by atoms with Crippen LogP contribution in [0.15, 0.2) is 40.6 Å². The maximum absolute atomic E-state index is 12.3. The van der Waals surface area contributed by atoms with Crippen LogP contribution in [0.5, 0.6) is 0 Å². The predicted octanol–water partition coefficient (Wildman–Crippen LogP) is 3.22. The highest BCUT2D eigenvalue weighted by molar-refractivity contribution is 7.92. The van der Waals surface area contributed by atoms with Gasteiger partial charge in [-0.1, -0.05) is 26.0 Å². The maximum atomic E-state index is 12.3. The van der Waals surface area contributed by atoms with E-state index in [4.69, 9.17) is 0 Å². The summed E-state index contributed by atoms with van der Waals surface area (Å²) in [6.45, 7) is 5.65. The van der Waals surface area contributed by atoms with Crippen molar-refractivity contribution >= 4 is 27.0 Å². The Morgan fingerprint density at radius 3 is 2.48 bits per heavy atom. The lowest BCUT2D eigenvalue weighted by atomic mass is 10.2. The molecule has 0 unspecified atom stereocenters. The number of hydrogen-bond donors (Lipinski definition) is 2. The number of aryl methyl sites for hydroxylation is 1. The molecular formula is C15H20N2O2S2. The molecule has 0 aliphatic carbocycles. The van der Waals surface area contributed by atoms with Gasteiger partial charge in [-0.3, -0.25) is 4.72 Å². The Morgan fingerprint density at radius 1 is 1.14 bits per heavy atom. The van der Waals surface area contributed by atoms with Crippen LogP contribution in [0, 0.1) is 0 Å². The summed E-state index contributed by atoms with van der Waals surface area (Å²) in [4.78, 5) is 1.33. The largest absolute Gasteiger partial charge is 0.312 e.